The van der Waals surface area contributed by atoms with Crippen molar-refractivity contribution in [2.24, 2.45) is 10.9 Å². The number of piperazine rings is 1. The van der Waals surface area contributed by atoms with Crippen LogP contribution in [0.3, 0.4) is 0 Å². The molecule has 33 heavy (non-hydrogen) atoms. The number of halogens is 1. The second kappa shape index (κ2) is 11.1. The van der Waals surface area contributed by atoms with Crippen molar-refractivity contribution in [3.63, 3.8) is 0 Å². The summed E-state index contributed by atoms with van der Waals surface area (Å²) in [6.45, 7) is 16.8. The van der Waals surface area contributed by atoms with Crippen LogP contribution < -0.4 is 5.32 Å². The van der Waals surface area contributed by atoms with Gasteiger partial charge in [-0.05, 0) is 43.0 Å². The third kappa shape index (κ3) is 5.92. The smallest absolute Gasteiger partial charge is 0.142 e. The average Bonchev–Trinajstić information content (AvgIpc) is 2.80. The monoisotopic (exact) mass is 453 g/mol. The van der Waals surface area contributed by atoms with E-state index >= 15 is 0 Å². The largest absolute Gasteiger partial charge is 0.358 e. The van der Waals surface area contributed by atoms with E-state index in [4.69, 9.17) is 4.99 Å². The van der Waals surface area contributed by atoms with Crippen LogP contribution in [0.5, 0.6) is 0 Å². The fourth-order valence-electron chi connectivity index (χ4n) is 4.36. The normalized spacial score (nSPS) is 23.0. The predicted molar refractivity (Wildman–Crippen MR) is 138 cm³/mol. The van der Waals surface area contributed by atoms with Crippen LogP contribution in [0, 0.1) is 11.7 Å². The van der Waals surface area contributed by atoms with Crippen LogP contribution in [-0.2, 0) is 6.42 Å². The number of rotatable bonds is 7. The Morgan fingerprint density at radius 1 is 1.39 bits per heavy atom. The van der Waals surface area contributed by atoms with Gasteiger partial charge >= 0.3 is 0 Å². The quantitative estimate of drug-likeness (QED) is 0.666. The lowest BCUT2D eigenvalue weighted by Gasteiger charge is -2.41. The van der Waals surface area contributed by atoms with Crippen LogP contribution in [0.25, 0.3) is 5.57 Å². The molecule has 5 nitrogen and oxygen atoms in total. The summed E-state index contributed by atoms with van der Waals surface area (Å²) in [4.78, 5) is 11.6. The molecule has 2 atom stereocenters. The molecule has 1 N–H and O–H groups in total. The maximum atomic E-state index is 14.7. The number of hydrogen-bond donors (Lipinski definition) is 1. The van der Waals surface area contributed by atoms with Crippen molar-refractivity contribution in [2.75, 3.05) is 40.3 Å². The van der Waals surface area contributed by atoms with Gasteiger partial charge in [-0.25, -0.2) is 9.38 Å². The zero-order chi connectivity index (χ0) is 24.1. The molecule has 2 heterocycles. The first kappa shape index (κ1) is 25.2. The maximum absolute atomic E-state index is 14.7. The van der Waals surface area contributed by atoms with Crippen LogP contribution in [-0.4, -0.2) is 72.9 Å². The zero-order valence-corrected chi connectivity index (χ0v) is 21.1. The second-order valence-electron chi connectivity index (χ2n) is 9.53. The molecule has 2 aliphatic heterocycles. The van der Waals surface area contributed by atoms with Gasteiger partial charge in [0, 0.05) is 69.7 Å². The summed E-state index contributed by atoms with van der Waals surface area (Å²) in [5.74, 6) is 1.94. The number of likely N-dealkylation sites (N-methyl/N-ethyl adjacent to an activating group) is 1. The van der Waals surface area contributed by atoms with E-state index in [-0.39, 0.29) is 5.82 Å². The highest BCUT2D eigenvalue weighted by atomic mass is 19.1. The van der Waals surface area contributed by atoms with E-state index in [9.17, 15) is 4.39 Å². The summed E-state index contributed by atoms with van der Waals surface area (Å²) < 4.78 is 14.7. The number of amidine groups is 1. The number of aryl methyl sites for hydroxylation is 1. The molecule has 0 bridgehead atoms. The molecule has 1 fully saturated rings. The SMILES string of the molecule is C=C/C(=C1/N=C(N(C)CCN2CC(C(C)C)NCC2C)C=CN1C)c1cc(CC)ccc1F. The highest BCUT2D eigenvalue weighted by Crippen LogP contribution is 2.28. The van der Waals surface area contributed by atoms with Gasteiger partial charge in [0.1, 0.15) is 17.5 Å². The molecule has 1 aromatic rings. The van der Waals surface area contributed by atoms with E-state index in [2.05, 4.69) is 56.4 Å². The number of nitrogens with zero attached hydrogens (tertiary/aromatic N) is 4. The average molecular weight is 454 g/mol. The van der Waals surface area contributed by atoms with Gasteiger partial charge in [-0.1, -0.05) is 39.5 Å². The Bertz CT molecular complexity index is 932. The Morgan fingerprint density at radius 3 is 2.82 bits per heavy atom. The molecular weight excluding hydrogens is 413 g/mol. The number of hydrogen-bond acceptors (Lipinski definition) is 5. The van der Waals surface area contributed by atoms with Crippen LogP contribution >= 0.6 is 0 Å². The fraction of sp³-hybridized carbons (Fsp3) is 0.519. The fourth-order valence-corrected chi connectivity index (χ4v) is 4.36. The first-order valence-electron chi connectivity index (χ1n) is 12.1. The minimum Gasteiger partial charge on any atom is -0.358 e. The first-order valence-corrected chi connectivity index (χ1v) is 12.1. The van der Waals surface area contributed by atoms with E-state index in [1.54, 1.807) is 6.08 Å². The molecular formula is C27H40FN5. The van der Waals surface area contributed by atoms with Crippen molar-refractivity contribution in [1.29, 1.82) is 0 Å². The first-order chi connectivity index (χ1) is 15.7. The standard InChI is InChI=1S/C27H40FN5/c1-8-21-10-11-24(28)23(16-21)22(9-2)27-30-26(12-13-32(27)7)31(6)14-15-33-18-25(19(3)4)29-17-20(33)5/h9-13,16,19-20,25,29H,2,8,14-15,17-18H2,1,3-7H3/b27-22+. The lowest BCUT2D eigenvalue weighted by atomic mass is 10.00. The van der Waals surface area contributed by atoms with Gasteiger partial charge in [0.15, 0.2) is 0 Å². The van der Waals surface area contributed by atoms with Crippen molar-refractivity contribution >= 4 is 11.4 Å². The van der Waals surface area contributed by atoms with Crippen LogP contribution in [0.1, 0.15) is 38.8 Å². The Kier molecular flexibility index (Phi) is 8.49. The molecule has 0 aromatic heterocycles. The van der Waals surface area contributed by atoms with Gasteiger partial charge in [0.2, 0.25) is 0 Å². The molecule has 2 aliphatic rings. The summed E-state index contributed by atoms with van der Waals surface area (Å²) in [5, 5.41) is 3.67. The van der Waals surface area contributed by atoms with Gasteiger partial charge in [0.05, 0.1) is 0 Å². The molecule has 0 spiro atoms. The maximum Gasteiger partial charge on any atom is 0.142 e. The van der Waals surface area contributed by atoms with Gasteiger partial charge in [-0.3, -0.25) is 4.90 Å². The molecule has 2 unspecified atom stereocenters. The number of nitrogens with one attached hydrogen (secondary N) is 1. The van der Waals surface area contributed by atoms with E-state index in [1.165, 1.54) is 6.07 Å². The summed E-state index contributed by atoms with van der Waals surface area (Å²) in [7, 11) is 4.01. The van der Waals surface area contributed by atoms with Crippen molar-refractivity contribution in [3.8, 4) is 0 Å². The molecule has 0 radical (unpaired) electrons. The van der Waals surface area contributed by atoms with E-state index in [0.717, 1.165) is 44.0 Å². The Labute approximate surface area is 199 Å². The van der Waals surface area contributed by atoms with Gasteiger partial charge in [-0.15, -0.1) is 0 Å². The van der Waals surface area contributed by atoms with Crippen molar-refractivity contribution in [3.05, 3.63) is 65.9 Å². The Balaban J connectivity index is 1.81. The van der Waals surface area contributed by atoms with Crippen LogP contribution in [0.4, 0.5) is 4.39 Å². The van der Waals surface area contributed by atoms with Crippen molar-refractivity contribution in [1.82, 2.24) is 20.0 Å². The summed E-state index contributed by atoms with van der Waals surface area (Å²) >= 11 is 0. The highest BCUT2D eigenvalue weighted by molar-refractivity contribution is 5.95. The molecule has 0 amide bonds. The van der Waals surface area contributed by atoms with Gasteiger partial charge < -0.3 is 15.1 Å². The molecule has 0 saturated carbocycles. The molecule has 6 heteroatoms. The lowest BCUT2D eigenvalue weighted by molar-refractivity contribution is 0.118. The van der Waals surface area contributed by atoms with Crippen LogP contribution in [0.15, 0.2) is 53.9 Å². The molecule has 3 rings (SSSR count). The van der Waals surface area contributed by atoms with Crippen molar-refractivity contribution in [2.45, 2.75) is 46.2 Å². The van der Waals surface area contributed by atoms with Gasteiger partial charge in [0.25, 0.3) is 0 Å². The van der Waals surface area contributed by atoms with Gasteiger partial charge in [-0.2, -0.15) is 0 Å². The highest BCUT2D eigenvalue weighted by Gasteiger charge is 2.27. The Hall–Kier alpha value is -2.44. The third-order valence-electron chi connectivity index (χ3n) is 6.82. The number of aliphatic imine (C=N–C) groups is 1. The van der Waals surface area contributed by atoms with E-state index in [1.807, 2.05) is 36.4 Å². The molecule has 1 aromatic carbocycles. The molecule has 0 aliphatic carbocycles. The second-order valence-corrected chi connectivity index (χ2v) is 9.53. The molecule has 180 valence electrons. The third-order valence-corrected chi connectivity index (χ3v) is 6.82. The summed E-state index contributed by atoms with van der Waals surface area (Å²) in [6, 6.07) is 6.32. The Morgan fingerprint density at radius 2 is 2.15 bits per heavy atom. The number of benzene rings is 1. The minimum absolute atomic E-state index is 0.255. The zero-order valence-electron chi connectivity index (χ0n) is 21.1. The lowest BCUT2D eigenvalue weighted by Crippen LogP contribution is -2.58. The molecule has 1 saturated heterocycles. The minimum atomic E-state index is -0.255. The summed E-state index contributed by atoms with van der Waals surface area (Å²) in [5.41, 5.74) is 2.34. The topological polar surface area (TPSA) is 34.1 Å². The number of allylic oxidation sites excluding steroid dienone is 2. The predicted octanol–water partition coefficient (Wildman–Crippen LogP) is 4.35. The van der Waals surface area contributed by atoms with Crippen LogP contribution in [0.2, 0.25) is 0 Å². The summed E-state index contributed by atoms with van der Waals surface area (Å²) in [6.07, 6.45) is 6.56. The van der Waals surface area contributed by atoms with E-state index in [0.29, 0.717) is 35.0 Å². The van der Waals surface area contributed by atoms with E-state index < -0.39 is 0 Å². The van der Waals surface area contributed by atoms with Crippen molar-refractivity contribution < 1.29 is 4.39 Å².